The van der Waals surface area contributed by atoms with Crippen LogP contribution in [0, 0.1) is 0 Å². The molecule has 4 N–H and O–H groups in total. The van der Waals surface area contributed by atoms with E-state index in [9.17, 15) is 25.2 Å². The van der Waals surface area contributed by atoms with Gasteiger partial charge in [-0.25, -0.2) is 0 Å². The Kier molecular flexibility index (Phi) is 38.2. The summed E-state index contributed by atoms with van der Waals surface area (Å²) in [4.78, 5) is 12.8. The second kappa shape index (κ2) is 40.3. The minimum atomic E-state index is -1.53. The molecule has 1 aliphatic heterocycles. The fourth-order valence-electron chi connectivity index (χ4n) is 7.61. The summed E-state index contributed by atoms with van der Waals surface area (Å²) >= 11 is 0. The summed E-state index contributed by atoms with van der Waals surface area (Å²) in [6.07, 6.45) is 38.1. The largest absolute Gasteiger partial charge is 0.457 e. The lowest BCUT2D eigenvalue weighted by molar-refractivity contribution is -0.305. The van der Waals surface area contributed by atoms with Crippen molar-refractivity contribution < 1.29 is 44.2 Å². The Morgan fingerprint density at radius 1 is 0.544 bits per heavy atom. The lowest BCUT2D eigenvalue weighted by Crippen LogP contribution is -2.59. The van der Waals surface area contributed by atoms with Crippen LogP contribution in [0.3, 0.4) is 0 Å². The number of aliphatic hydroxyl groups is 4. The molecule has 9 heteroatoms. The maximum Gasteiger partial charge on any atom is 0.306 e. The second-order valence-corrected chi connectivity index (χ2v) is 16.9. The first-order valence-corrected chi connectivity index (χ1v) is 24.3. The van der Waals surface area contributed by atoms with Crippen molar-refractivity contribution >= 4 is 5.97 Å². The van der Waals surface area contributed by atoms with Gasteiger partial charge in [0.15, 0.2) is 6.29 Å². The van der Waals surface area contributed by atoms with E-state index in [0.717, 1.165) is 32.1 Å². The molecule has 1 heterocycles. The van der Waals surface area contributed by atoms with Crippen LogP contribution in [0.1, 0.15) is 226 Å². The topological polar surface area (TPSA) is 135 Å². The Hall–Kier alpha value is -1.07. The van der Waals surface area contributed by atoms with E-state index in [1.165, 1.54) is 173 Å². The molecular weight excluding hydrogens is 721 g/mol. The van der Waals surface area contributed by atoms with Crippen LogP contribution >= 0.6 is 0 Å². The molecule has 6 atom stereocenters. The van der Waals surface area contributed by atoms with Crippen molar-refractivity contribution in [1.29, 1.82) is 0 Å². The number of allylic oxidation sites excluding steroid dienone is 2. The summed E-state index contributed by atoms with van der Waals surface area (Å²) in [5.41, 5.74) is 0. The van der Waals surface area contributed by atoms with Crippen LogP contribution in [0.2, 0.25) is 0 Å². The highest BCUT2D eigenvalue weighted by atomic mass is 16.7. The van der Waals surface area contributed by atoms with E-state index in [4.69, 9.17) is 18.9 Å². The van der Waals surface area contributed by atoms with Crippen molar-refractivity contribution in [1.82, 2.24) is 0 Å². The molecule has 0 aliphatic carbocycles. The predicted molar refractivity (Wildman–Crippen MR) is 233 cm³/mol. The number of aliphatic hydroxyl groups excluding tert-OH is 4. The van der Waals surface area contributed by atoms with Gasteiger partial charge >= 0.3 is 5.97 Å². The molecule has 1 aliphatic rings. The number of unbranched alkanes of at least 4 members (excludes halogenated alkanes) is 29. The Balaban J connectivity index is 2.23. The third-order valence-electron chi connectivity index (χ3n) is 11.4. The molecule has 0 saturated carbocycles. The van der Waals surface area contributed by atoms with Crippen LogP contribution in [0.4, 0.5) is 0 Å². The molecule has 6 unspecified atom stereocenters. The van der Waals surface area contributed by atoms with E-state index in [0.29, 0.717) is 13.0 Å². The first kappa shape index (κ1) is 53.9. The maximum atomic E-state index is 12.8. The highest BCUT2D eigenvalue weighted by molar-refractivity contribution is 5.69. The van der Waals surface area contributed by atoms with Gasteiger partial charge in [-0.2, -0.15) is 0 Å². The number of carbonyl (C=O) groups is 1. The molecule has 9 nitrogen and oxygen atoms in total. The second-order valence-electron chi connectivity index (χ2n) is 16.9. The van der Waals surface area contributed by atoms with Gasteiger partial charge in [-0.05, 0) is 38.5 Å². The summed E-state index contributed by atoms with van der Waals surface area (Å²) < 4.78 is 22.9. The number of ether oxygens (including phenoxy) is 4. The molecule has 0 spiro atoms. The maximum absolute atomic E-state index is 12.8. The van der Waals surface area contributed by atoms with E-state index in [2.05, 4.69) is 26.0 Å². The summed E-state index contributed by atoms with van der Waals surface area (Å²) in [5, 5.41) is 40.2. The van der Waals surface area contributed by atoms with E-state index < -0.39 is 43.4 Å². The molecule has 57 heavy (non-hydrogen) atoms. The third-order valence-corrected chi connectivity index (χ3v) is 11.4. The molecule has 1 saturated heterocycles. The lowest BCUT2D eigenvalue weighted by atomic mass is 9.99. The van der Waals surface area contributed by atoms with Crippen molar-refractivity contribution in [3.8, 4) is 0 Å². The van der Waals surface area contributed by atoms with Crippen LogP contribution in [-0.4, -0.2) is 89.6 Å². The predicted octanol–water partition coefficient (Wildman–Crippen LogP) is 11.2. The van der Waals surface area contributed by atoms with Crippen molar-refractivity contribution in [2.45, 2.75) is 263 Å². The Labute approximate surface area is 350 Å². The Morgan fingerprint density at radius 2 is 0.965 bits per heavy atom. The molecule has 338 valence electrons. The molecule has 0 aromatic carbocycles. The van der Waals surface area contributed by atoms with Gasteiger partial charge in [0.05, 0.1) is 19.8 Å². The average Bonchev–Trinajstić information content (AvgIpc) is 3.21. The van der Waals surface area contributed by atoms with Crippen LogP contribution < -0.4 is 0 Å². The monoisotopic (exact) mass is 813 g/mol. The SMILES string of the molecule is CCCCCCCCC/C=C\CCCCCCCCOCC(COC1OC(CO)C(O)C(O)C1O)OC(=O)CCCCCCCCCCCCCCCCCCC. The van der Waals surface area contributed by atoms with Crippen LogP contribution in [0.25, 0.3) is 0 Å². The quantitative estimate of drug-likeness (QED) is 0.0270. The van der Waals surface area contributed by atoms with Crippen molar-refractivity contribution in [2.75, 3.05) is 26.4 Å². The summed E-state index contributed by atoms with van der Waals surface area (Å²) in [6.45, 7) is 4.58. The molecule has 0 aromatic rings. The number of esters is 1. The smallest absolute Gasteiger partial charge is 0.306 e. The Morgan fingerprint density at radius 3 is 1.42 bits per heavy atom. The van der Waals surface area contributed by atoms with Gasteiger partial charge < -0.3 is 39.4 Å². The zero-order valence-electron chi connectivity index (χ0n) is 37.1. The molecule has 1 rings (SSSR count). The molecular formula is C48H92O9. The highest BCUT2D eigenvalue weighted by Crippen LogP contribution is 2.23. The third kappa shape index (κ3) is 31.5. The Bertz CT molecular complexity index is 884. The zero-order chi connectivity index (χ0) is 41.4. The first-order valence-electron chi connectivity index (χ1n) is 24.3. The summed E-state index contributed by atoms with van der Waals surface area (Å²) in [5.74, 6) is -0.311. The van der Waals surface area contributed by atoms with Crippen LogP contribution in [0.15, 0.2) is 12.2 Å². The summed E-state index contributed by atoms with van der Waals surface area (Å²) in [6, 6.07) is 0. The van der Waals surface area contributed by atoms with Gasteiger partial charge in [-0.15, -0.1) is 0 Å². The number of hydrogen-bond acceptors (Lipinski definition) is 9. The van der Waals surface area contributed by atoms with Gasteiger partial charge in [0.1, 0.15) is 30.5 Å². The highest BCUT2D eigenvalue weighted by Gasteiger charge is 2.44. The number of hydrogen-bond donors (Lipinski definition) is 4. The molecule has 1 fully saturated rings. The van der Waals surface area contributed by atoms with E-state index in [1.54, 1.807) is 0 Å². The van der Waals surface area contributed by atoms with E-state index in [-0.39, 0.29) is 19.2 Å². The number of carbonyl (C=O) groups excluding carboxylic acids is 1. The van der Waals surface area contributed by atoms with Crippen molar-refractivity contribution in [3.05, 3.63) is 12.2 Å². The van der Waals surface area contributed by atoms with Gasteiger partial charge in [0, 0.05) is 13.0 Å². The molecule has 0 amide bonds. The summed E-state index contributed by atoms with van der Waals surface area (Å²) in [7, 11) is 0. The van der Waals surface area contributed by atoms with E-state index >= 15 is 0 Å². The van der Waals surface area contributed by atoms with Gasteiger partial charge in [-0.1, -0.05) is 193 Å². The van der Waals surface area contributed by atoms with Gasteiger partial charge in [-0.3, -0.25) is 4.79 Å². The van der Waals surface area contributed by atoms with Crippen LogP contribution in [-0.2, 0) is 23.7 Å². The molecule has 0 radical (unpaired) electrons. The van der Waals surface area contributed by atoms with Crippen LogP contribution in [0.5, 0.6) is 0 Å². The lowest BCUT2D eigenvalue weighted by Gasteiger charge is -2.39. The fourth-order valence-corrected chi connectivity index (χ4v) is 7.61. The first-order chi connectivity index (χ1) is 27.9. The zero-order valence-corrected chi connectivity index (χ0v) is 37.1. The normalized spacial score (nSPS) is 20.4. The fraction of sp³-hybridized carbons (Fsp3) is 0.938. The standard InChI is InChI=1S/C48H92O9/c1-3-5-7-9-11-13-15-17-19-21-23-25-27-29-31-33-35-37-44(50)56-42(41-55-48-47(53)46(52)45(51)43(39-49)57-48)40-54-38-36-34-32-30-28-26-24-22-20-18-16-14-12-10-8-6-4-2/h20,22,42-43,45-49,51-53H,3-19,21,23-41H2,1-2H3/b22-20-. The van der Waals surface area contributed by atoms with E-state index in [1.807, 2.05) is 0 Å². The number of rotatable bonds is 42. The molecule has 0 aromatic heterocycles. The van der Waals surface area contributed by atoms with Gasteiger partial charge in [0.25, 0.3) is 0 Å². The molecule has 0 bridgehead atoms. The minimum Gasteiger partial charge on any atom is -0.457 e. The van der Waals surface area contributed by atoms with Crippen molar-refractivity contribution in [2.24, 2.45) is 0 Å². The van der Waals surface area contributed by atoms with Crippen molar-refractivity contribution in [3.63, 3.8) is 0 Å². The average molecular weight is 813 g/mol. The van der Waals surface area contributed by atoms with Gasteiger partial charge in [0.2, 0.25) is 0 Å². The minimum absolute atomic E-state index is 0.110.